The third-order valence-electron chi connectivity index (χ3n) is 3.39. The van der Waals surface area contributed by atoms with E-state index in [0.717, 1.165) is 5.56 Å². The minimum Gasteiger partial charge on any atom is -0.312 e. The summed E-state index contributed by atoms with van der Waals surface area (Å²) in [6.07, 6.45) is 0. The van der Waals surface area contributed by atoms with E-state index in [1.165, 1.54) is 0 Å². The molecule has 4 nitrogen and oxygen atoms in total. The molecule has 1 fully saturated rings. The van der Waals surface area contributed by atoms with Crippen molar-refractivity contribution in [1.29, 1.82) is 5.26 Å². The van der Waals surface area contributed by atoms with Gasteiger partial charge in [-0.3, -0.25) is 0 Å². The van der Waals surface area contributed by atoms with Crippen molar-refractivity contribution in [2.75, 3.05) is 5.75 Å². The number of nitriles is 1. The van der Waals surface area contributed by atoms with E-state index in [1.54, 1.807) is 31.2 Å². The topological polar surface area (TPSA) is 83.9 Å². The van der Waals surface area contributed by atoms with Gasteiger partial charge in [0, 0.05) is 16.7 Å². The molecule has 0 radical (unpaired) electrons. The van der Waals surface area contributed by atoms with Crippen molar-refractivity contribution in [3.63, 3.8) is 0 Å². The van der Waals surface area contributed by atoms with Gasteiger partial charge in [-0.15, -0.1) is 0 Å². The van der Waals surface area contributed by atoms with Gasteiger partial charge in [0.2, 0.25) is 0 Å². The molecule has 0 aromatic heterocycles. The first-order valence-corrected chi connectivity index (χ1v) is 7.63. The molecule has 0 amide bonds. The van der Waals surface area contributed by atoms with Crippen LogP contribution in [0, 0.1) is 11.3 Å². The van der Waals surface area contributed by atoms with Crippen LogP contribution in [0.15, 0.2) is 24.3 Å². The normalized spacial score (nSPS) is 30.8. The molecule has 0 spiro atoms. The highest BCUT2D eigenvalue weighted by Crippen LogP contribution is 2.53. The zero-order valence-electron chi connectivity index (χ0n) is 9.80. The second kappa shape index (κ2) is 4.23. The van der Waals surface area contributed by atoms with Crippen molar-refractivity contribution in [3.05, 3.63) is 34.9 Å². The predicted molar refractivity (Wildman–Crippen MR) is 70.0 cm³/mol. The highest BCUT2D eigenvalue weighted by molar-refractivity contribution is 7.92. The Labute approximate surface area is 111 Å². The van der Waals surface area contributed by atoms with Gasteiger partial charge in [0.15, 0.2) is 9.84 Å². The summed E-state index contributed by atoms with van der Waals surface area (Å²) in [6, 6.07) is 8.71. The standard InChI is InChI=1S/C12H13ClN2O2S/c1-2-18(16,17)11-10(12(11,15)7-14)8-3-5-9(13)6-4-8/h3-6,10-11H,2,15H2,1H3/t10-,11-,12+/m1/s1. The molecule has 1 aliphatic carbocycles. The smallest absolute Gasteiger partial charge is 0.156 e. The molecule has 18 heavy (non-hydrogen) atoms. The fourth-order valence-corrected chi connectivity index (χ4v) is 4.31. The summed E-state index contributed by atoms with van der Waals surface area (Å²) in [4.78, 5) is 0. The number of nitrogens with zero attached hydrogens (tertiary/aromatic N) is 1. The number of nitrogens with two attached hydrogens (primary N) is 1. The summed E-state index contributed by atoms with van der Waals surface area (Å²) < 4.78 is 23.9. The summed E-state index contributed by atoms with van der Waals surface area (Å²) in [6.45, 7) is 1.56. The van der Waals surface area contributed by atoms with Crippen LogP contribution in [0.3, 0.4) is 0 Å². The molecule has 2 N–H and O–H groups in total. The zero-order valence-corrected chi connectivity index (χ0v) is 11.4. The maximum absolute atomic E-state index is 11.9. The van der Waals surface area contributed by atoms with Crippen LogP contribution in [0.5, 0.6) is 0 Å². The maximum atomic E-state index is 11.9. The van der Waals surface area contributed by atoms with Crippen LogP contribution in [0.25, 0.3) is 0 Å². The Bertz CT molecular complexity index is 606. The molecule has 1 aliphatic rings. The van der Waals surface area contributed by atoms with Gasteiger partial charge in [-0.05, 0) is 17.7 Å². The molecule has 1 aromatic carbocycles. The van der Waals surface area contributed by atoms with Crippen LogP contribution >= 0.6 is 11.6 Å². The van der Waals surface area contributed by atoms with Crippen LogP contribution in [0.2, 0.25) is 5.02 Å². The first kappa shape index (κ1) is 13.3. The van der Waals surface area contributed by atoms with E-state index in [2.05, 4.69) is 0 Å². The van der Waals surface area contributed by atoms with Crippen molar-refractivity contribution < 1.29 is 8.42 Å². The summed E-state index contributed by atoms with van der Waals surface area (Å²) >= 11 is 5.78. The first-order chi connectivity index (χ1) is 8.36. The monoisotopic (exact) mass is 284 g/mol. The van der Waals surface area contributed by atoms with Gasteiger partial charge in [0.05, 0.1) is 6.07 Å². The molecule has 0 bridgehead atoms. The summed E-state index contributed by atoms with van der Waals surface area (Å²) in [5.41, 5.74) is 5.32. The number of hydrogen-bond acceptors (Lipinski definition) is 4. The molecule has 6 heteroatoms. The van der Waals surface area contributed by atoms with Gasteiger partial charge in [-0.1, -0.05) is 30.7 Å². The van der Waals surface area contributed by atoms with Crippen LogP contribution in [-0.2, 0) is 9.84 Å². The van der Waals surface area contributed by atoms with Crippen LogP contribution in [0.1, 0.15) is 18.4 Å². The Kier molecular flexibility index (Phi) is 3.14. The van der Waals surface area contributed by atoms with E-state index in [-0.39, 0.29) is 5.75 Å². The van der Waals surface area contributed by atoms with Gasteiger partial charge in [-0.25, -0.2) is 8.42 Å². The Morgan fingerprint density at radius 3 is 2.44 bits per heavy atom. The highest BCUT2D eigenvalue weighted by Gasteiger charge is 2.69. The molecule has 96 valence electrons. The largest absolute Gasteiger partial charge is 0.312 e. The molecule has 3 atom stereocenters. The number of benzene rings is 1. The highest BCUT2D eigenvalue weighted by atomic mass is 35.5. The second-order valence-electron chi connectivity index (χ2n) is 4.45. The van der Waals surface area contributed by atoms with Crippen molar-refractivity contribution in [3.8, 4) is 6.07 Å². The Morgan fingerprint density at radius 1 is 1.44 bits per heavy atom. The molecule has 2 rings (SSSR count). The Hall–Kier alpha value is -1.09. The summed E-state index contributed by atoms with van der Waals surface area (Å²) in [5.74, 6) is -0.479. The van der Waals surface area contributed by atoms with Gasteiger partial charge in [-0.2, -0.15) is 5.26 Å². The summed E-state index contributed by atoms with van der Waals surface area (Å²) in [7, 11) is -3.33. The minimum atomic E-state index is -3.33. The fraction of sp³-hybridized carbons (Fsp3) is 0.417. The Balaban J connectivity index is 2.41. The number of hydrogen-bond donors (Lipinski definition) is 1. The number of sulfone groups is 1. The molecule has 1 saturated carbocycles. The van der Waals surface area contributed by atoms with Crippen LogP contribution in [-0.4, -0.2) is 25.0 Å². The zero-order chi connectivity index (χ0) is 13.6. The number of rotatable bonds is 3. The molecular weight excluding hydrogens is 272 g/mol. The van der Waals surface area contributed by atoms with Gasteiger partial charge in [0.1, 0.15) is 10.8 Å². The van der Waals surface area contributed by atoms with Crippen molar-refractivity contribution in [2.45, 2.75) is 23.6 Å². The van der Waals surface area contributed by atoms with Crippen LogP contribution < -0.4 is 5.73 Å². The SMILES string of the molecule is CCS(=O)(=O)[C@@H]1[C@@H](c2ccc(Cl)cc2)[C@@]1(N)C#N. The van der Waals surface area contributed by atoms with Crippen molar-refractivity contribution in [1.82, 2.24) is 0 Å². The molecular formula is C12H13ClN2O2S. The van der Waals surface area contributed by atoms with Crippen LogP contribution in [0.4, 0.5) is 0 Å². The molecule has 0 unspecified atom stereocenters. The van der Waals surface area contributed by atoms with Gasteiger partial charge in [0.25, 0.3) is 0 Å². The fourth-order valence-electron chi connectivity index (χ4n) is 2.31. The average Bonchev–Trinajstić information content (AvgIpc) is 2.98. The van der Waals surface area contributed by atoms with Gasteiger partial charge < -0.3 is 5.73 Å². The van der Waals surface area contributed by atoms with E-state index in [9.17, 15) is 8.42 Å². The predicted octanol–water partition coefficient (Wildman–Crippen LogP) is 1.46. The molecule has 0 saturated heterocycles. The molecule has 0 aliphatic heterocycles. The van der Waals surface area contributed by atoms with E-state index in [0.29, 0.717) is 5.02 Å². The number of halogens is 1. The van der Waals surface area contributed by atoms with E-state index < -0.39 is 26.5 Å². The Morgan fingerprint density at radius 2 is 2.00 bits per heavy atom. The van der Waals surface area contributed by atoms with Crippen molar-refractivity contribution in [2.24, 2.45) is 5.73 Å². The van der Waals surface area contributed by atoms with E-state index in [4.69, 9.17) is 22.6 Å². The lowest BCUT2D eigenvalue weighted by Gasteiger charge is -2.00. The summed E-state index contributed by atoms with van der Waals surface area (Å²) in [5, 5.41) is 8.86. The lowest BCUT2D eigenvalue weighted by Crippen LogP contribution is -2.29. The van der Waals surface area contributed by atoms with E-state index >= 15 is 0 Å². The minimum absolute atomic E-state index is 0.0115. The molecule has 0 heterocycles. The average molecular weight is 285 g/mol. The lowest BCUT2D eigenvalue weighted by molar-refractivity contribution is 0.593. The third-order valence-corrected chi connectivity index (χ3v) is 5.88. The lowest BCUT2D eigenvalue weighted by atomic mass is 10.1. The van der Waals surface area contributed by atoms with Crippen molar-refractivity contribution >= 4 is 21.4 Å². The third kappa shape index (κ3) is 1.91. The quantitative estimate of drug-likeness (QED) is 0.911. The second-order valence-corrected chi connectivity index (χ2v) is 7.29. The maximum Gasteiger partial charge on any atom is 0.156 e. The van der Waals surface area contributed by atoms with E-state index in [1.807, 2.05) is 6.07 Å². The van der Waals surface area contributed by atoms with Gasteiger partial charge >= 0.3 is 0 Å². The first-order valence-electron chi connectivity index (χ1n) is 5.54. The molecule has 1 aromatic rings.